The highest BCUT2D eigenvalue weighted by Gasteiger charge is 2.13. The van der Waals surface area contributed by atoms with Crippen LogP contribution in [0.1, 0.15) is 6.92 Å². The molecule has 0 saturated carbocycles. The number of rotatable bonds is 3. The molecule has 0 rings (SSSR count). The number of allylic oxidation sites excluding steroid dienone is 2. The minimum Gasteiger partial charge on any atom is -0.289 e. The quantitative estimate of drug-likeness (QED) is 0.402. The minimum atomic E-state index is -2.93. The lowest BCUT2D eigenvalue weighted by Crippen LogP contribution is -1.81. The molecule has 60 valence electrons. The molecule has 0 aromatic rings. The highest BCUT2D eigenvalue weighted by molar-refractivity contribution is 8.08. The van der Waals surface area contributed by atoms with Crippen LogP contribution in [-0.2, 0) is 4.57 Å². The van der Waals surface area contributed by atoms with E-state index in [0.29, 0.717) is 5.88 Å². The summed E-state index contributed by atoms with van der Waals surface area (Å²) in [5.74, 6) is -2.53. The third-order valence-electron chi connectivity index (χ3n) is 0.859. The van der Waals surface area contributed by atoms with Crippen LogP contribution in [0.4, 0.5) is 0 Å². The Morgan fingerprint density at radius 2 is 2.10 bits per heavy atom. The Labute approximate surface area is 75.3 Å². The molecule has 0 fully saturated rings. The van der Waals surface area contributed by atoms with Crippen molar-refractivity contribution >= 4 is 39.9 Å². The van der Waals surface area contributed by atoms with Crippen molar-refractivity contribution in [1.29, 1.82) is 0 Å². The van der Waals surface area contributed by atoms with E-state index in [2.05, 4.69) is 0 Å². The molecule has 0 amide bonds. The third kappa shape index (κ3) is 6.95. The monoisotopic (exact) mass is 220 g/mol. The maximum Gasteiger partial charge on any atom is 0.257 e. The molecular formula is C5H8Cl3OP. The Morgan fingerprint density at radius 3 is 2.40 bits per heavy atom. The predicted molar refractivity (Wildman–Crippen MR) is 48.7 cm³/mol. The molecule has 5 heteroatoms. The number of alkyl halides is 1. The molecule has 10 heavy (non-hydrogen) atoms. The molecule has 0 bridgehead atoms. The number of halogens is 3. The summed E-state index contributed by atoms with van der Waals surface area (Å²) >= 11 is 16.0. The van der Waals surface area contributed by atoms with Gasteiger partial charge in [-0.1, -0.05) is 11.6 Å². The van der Waals surface area contributed by atoms with E-state index in [4.69, 9.17) is 34.1 Å². The van der Waals surface area contributed by atoms with E-state index in [9.17, 15) is 4.57 Å². The fourth-order valence-corrected chi connectivity index (χ4v) is 2.59. The minimum absolute atomic E-state index is 0.225. The summed E-state index contributed by atoms with van der Waals surface area (Å²) < 4.78 is 10.7. The molecule has 0 aliphatic carbocycles. The van der Waals surface area contributed by atoms with Crippen molar-refractivity contribution in [3.05, 3.63) is 11.6 Å². The van der Waals surface area contributed by atoms with Crippen molar-refractivity contribution < 1.29 is 4.57 Å². The van der Waals surface area contributed by atoms with E-state index < -0.39 is 5.85 Å². The van der Waals surface area contributed by atoms with Gasteiger partial charge in [-0.2, -0.15) is 0 Å². The number of hydrogen-bond donors (Lipinski definition) is 0. The summed E-state index contributed by atoms with van der Waals surface area (Å²) in [5.41, 5.74) is 0.864. The molecule has 0 heterocycles. The van der Waals surface area contributed by atoms with Gasteiger partial charge in [-0.25, -0.2) is 0 Å². The van der Waals surface area contributed by atoms with Crippen molar-refractivity contribution in [3.63, 3.8) is 0 Å². The summed E-state index contributed by atoms with van der Waals surface area (Å²) in [6.07, 6.45) is 1.96. The second-order valence-corrected chi connectivity index (χ2v) is 7.49. The normalized spacial score (nSPS) is 13.8. The summed E-state index contributed by atoms with van der Waals surface area (Å²) in [4.78, 5) is 0. The van der Waals surface area contributed by atoms with E-state index in [1.807, 2.05) is 0 Å². The summed E-state index contributed by atoms with van der Waals surface area (Å²) in [5, 5.41) is 0. The van der Waals surface area contributed by atoms with Gasteiger partial charge in [0.05, 0.1) is 0 Å². The average molecular weight is 221 g/mol. The van der Waals surface area contributed by atoms with Crippen LogP contribution < -0.4 is 0 Å². The van der Waals surface area contributed by atoms with Crippen LogP contribution in [0.5, 0.6) is 0 Å². The van der Waals surface area contributed by atoms with E-state index in [0.717, 1.165) is 5.57 Å². The third-order valence-corrected chi connectivity index (χ3v) is 2.60. The fraction of sp³-hybridized carbons (Fsp3) is 0.600. The van der Waals surface area contributed by atoms with Crippen molar-refractivity contribution in [2.75, 3.05) is 12.0 Å². The van der Waals surface area contributed by atoms with Crippen LogP contribution in [0, 0.1) is 0 Å². The molecule has 1 nitrogen and oxygen atoms in total. The molecule has 0 aromatic heterocycles. The molecule has 0 spiro atoms. The van der Waals surface area contributed by atoms with Gasteiger partial charge in [0.1, 0.15) is 0 Å². The van der Waals surface area contributed by atoms with Gasteiger partial charge in [0.2, 0.25) is 0 Å². The highest BCUT2D eigenvalue weighted by Crippen LogP contribution is 2.57. The van der Waals surface area contributed by atoms with Crippen molar-refractivity contribution in [2.45, 2.75) is 6.92 Å². The van der Waals surface area contributed by atoms with Crippen molar-refractivity contribution in [3.8, 4) is 0 Å². The smallest absolute Gasteiger partial charge is 0.257 e. The van der Waals surface area contributed by atoms with Gasteiger partial charge < -0.3 is 0 Å². The highest BCUT2D eigenvalue weighted by atomic mass is 35.9. The lowest BCUT2D eigenvalue weighted by molar-refractivity contribution is 0.593. The van der Waals surface area contributed by atoms with Gasteiger partial charge in [0.25, 0.3) is 5.85 Å². The molecule has 0 unspecified atom stereocenters. The first-order valence-electron chi connectivity index (χ1n) is 2.65. The Bertz CT molecular complexity index is 172. The molecule has 0 radical (unpaired) electrons. The first kappa shape index (κ1) is 10.8. The van der Waals surface area contributed by atoms with Crippen LogP contribution >= 0.6 is 39.9 Å². The summed E-state index contributed by atoms with van der Waals surface area (Å²) in [6.45, 7) is 1.79. The predicted octanol–water partition coefficient (Wildman–Crippen LogP) is 3.84. The lowest BCUT2D eigenvalue weighted by Gasteiger charge is -1.99. The molecule has 0 atom stereocenters. The van der Waals surface area contributed by atoms with Crippen molar-refractivity contribution in [2.24, 2.45) is 0 Å². The standard InChI is InChI=1S/C5H8Cl3OP/c1-5(2-3-6)4-10(7,8)9/h2H,3-4H2,1H3/b5-2+. The van der Waals surface area contributed by atoms with Gasteiger partial charge in [0.15, 0.2) is 0 Å². The first-order valence-corrected chi connectivity index (χ1v) is 6.89. The van der Waals surface area contributed by atoms with Gasteiger partial charge >= 0.3 is 0 Å². The molecule has 0 aliphatic rings. The zero-order valence-electron chi connectivity index (χ0n) is 5.48. The molecule has 0 aromatic carbocycles. The second-order valence-electron chi connectivity index (χ2n) is 1.93. The fourth-order valence-electron chi connectivity index (χ4n) is 0.487. The van der Waals surface area contributed by atoms with Crippen LogP contribution in [0.2, 0.25) is 0 Å². The molecule has 0 N–H and O–H groups in total. The van der Waals surface area contributed by atoms with Crippen LogP contribution in [0.15, 0.2) is 11.6 Å². The largest absolute Gasteiger partial charge is 0.289 e. The summed E-state index contributed by atoms with van der Waals surface area (Å²) in [6, 6.07) is 0. The van der Waals surface area contributed by atoms with Gasteiger partial charge in [-0.15, -0.1) is 11.6 Å². The lowest BCUT2D eigenvalue weighted by atomic mass is 10.3. The zero-order valence-corrected chi connectivity index (χ0v) is 8.64. The van der Waals surface area contributed by atoms with Gasteiger partial charge in [-0.3, -0.25) is 4.57 Å². The second kappa shape index (κ2) is 4.66. The van der Waals surface area contributed by atoms with Gasteiger partial charge in [0, 0.05) is 12.0 Å². The zero-order chi connectivity index (χ0) is 8.20. The topological polar surface area (TPSA) is 17.1 Å². The Balaban J connectivity index is 3.92. The Hall–Kier alpha value is 0.840. The van der Waals surface area contributed by atoms with E-state index in [1.165, 1.54) is 0 Å². The van der Waals surface area contributed by atoms with Gasteiger partial charge in [-0.05, 0) is 29.4 Å². The Kier molecular flexibility index (Phi) is 5.06. The van der Waals surface area contributed by atoms with Crippen LogP contribution in [0.3, 0.4) is 0 Å². The Morgan fingerprint density at radius 1 is 1.60 bits per heavy atom. The molecule has 0 saturated heterocycles. The van der Waals surface area contributed by atoms with E-state index in [1.54, 1.807) is 13.0 Å². The summed E-state index contributed by atoms with van der Waals surface area (Å²) in [7, 11) is 0. The van der Waals surface area contributed by atoms with Crippen LogP contribution in [-0.4, -0.2) is 12.0 Å². The van der Waals surface area contributed by atoms with Crippen molar-refractivity contribution in [1.82, 2.24) is 0 Å². The average Bonchev–Trinajstić information content (AvgIpc) is 1.59. The van der Waals surface area contributed by atoms with E-state index >= 15 is 0 Å². The maximum absolute atomic E-state index is 10.7. The first-order chi connectivity index (χ1) is 4.45. The molecular weight excluding hydrogens is 213 g/mol. The van der Waals surface area contributed by atoms with Crippen LogP contribution in [0.25, 0.3) is 0 Å². The van der Waals surface area contributed by atoms with E-state index in [-0.39, 0.29) is 6.16 Å². The maximum atomic E-state index is 10.7. The number of hydrogen-bond acceptors (Lipinski definition) is 1. The SMILES string of the molecule is C/C(=C\CCl)CP(=O)(Cl)Cl. The molecule has 0 aliphatic heterocycles.